The standard InChI is InChI=1S/C16H13N5O2/c1-10-11(3-2-4-19-10)15-13(8-18)12(7-17)14-9-20(16(22)23)5-6-21(14)15/h2-4H,5-6,9H2,1H3,(H,22,23). The molecule has 2 aromatic heterocycles. The summed E-state index contributed by atoms with van der Waals surface area (Å²) < 4.78 is 1.88. The largest absolute Gasteiger partial charge is 0.465 e. The van der Waals surface area contributed by atoms with Crippen molar-refractivity contribution in [3.05, 3.63) is 40.8 Å². The van der Waals surface area contributed by atoms with E-state index in [1.807, 2.05) is 17.6 Å². The van der Waals surface area contributed by atoms with E-state index in [1.165, 1.54) is 4.90 Å². The van der Waals surface area contributed by atoms with E-state index in [-0.39, 0.29) is 17.7 Å². The number of carboxylic acid groups (broad SMARTS) is 1. The molecule has 0 saturated heterocycles. The maximum Gasteiger partial charge on any atom is 0.407 e. The molecule has 0 bridgehead atoms. The van der Waals surface area contributed by atoms with Gasteiger partial charge in [0.25, 0.3) is 0 Å². The van der Waals surface area contributed by atoms with Crippen LogP contribution in [-0.4, -0.2) is 32.2 Å². The summed E-state index contributed by atoms with van der Waals surface area (Å²) in [6, 6.07) is 7.80. The molecule has 114 valence electrons. The summed E-state index contributed by atoms with van der Waals surface area (Å²) in [6.45, 7) is 2.67. The molecule has 0 fully saturated rings. The van der Waals surface area contributed by atoms with Gasteiger partial charge in [-0.25, -0.2) is 4.79 Å². The van der Waals surface area contributed by atoms with E-state index in [1.54, 1.807) is 12.3 Å². The smallest absolute Gasteiger partial charge is 0.407 e. The van der Waals surface area contributed by atoms with Gasteiger partial charge in [-0.15, -0.1) is 0 Å². The molecular formula is C16H13N5O2. The third-order valence-electron chi connectivity index (χ3n) is 4.06. The summed E-state index contributed by atoms with van der Waals surface area (Å²) in [5.74, 6) is 0. The molecule has 1 amide bonds. The lowest BCUT2D eigenvalue weighted by atomic mass is 10.0. The number of hydrogen-bond donors (Lipinski definition) is 1. The number of nitrogens with zero attached hydrogens (tertiary/aromatic N) is 5. The topological polar surface area (TPSA) is 106 Å². The normalized spacial score (nSPS) is 13.1. The molecule has 1 aliphatic heterocycles. The van der Waals surface area contributed by atoms with E-state index in [2.05, 4.69) is 17.1 Å². The van der Waals surface area contributed by atoms with E-state index in [0.29, 0.717) is 24.5 Å². The van der Waals surface area contributed by atoms with Crippen molar-refractivity contribution in [1.29, 1.82) is 10.5 Å². The Morgan fingerprint density at radius 2 is 2.04 bits per heavy atom. The van der Waals surface area contributed by atoms with Crippen molar-refractivity contribution < 1.29 is 9.90 Å². The fourth-order valence-corrected chi connectivity index (χ4v) is 2.97. The van der Waals surface area contributed by atoms with Crippen molar-refractivity contribution in [3.63, 3.8) is 0 Å². The Morgan fingerprint density at radius 3 is 2.65 bits per heavy atom. The minimum Gasteiger partial charge on any atom is -0.465 e. The first-order chi connectivity index (χ1) is 11.1. The molecule has 7 nitrogen and oxygen atoms in total. The van der Waals surface area contributed by atoms with Gasteiger partial charge in [0.15, 0.2) is 0 Å². The van der Waals surface area contributed by atoms with Crippen molar-refractivity contribution >= 4 is 6.09 Å². The minimum absolute atomic E-state index is 0.103. The van der Waals surface area contributed by atoms with Crippen LogP contribution in [0.15, 0.2) is 18.3 Å². The summed E-state index contributed by atoms with van der Waals surface area (Å²) >= 11 is 0. The lowest BCUT2D eigenvalue weighted by Crippen LogP contribution is -2.37. The SMILES string of the molecule is Cc1ncccc1-c1c(C#N)c(C#N)c2n1CCN(C(=O)O)C2. The minimum atomic E-state index is -1.03. The van der Waals surface area contributed by atoms with E-state index in [0.717, 1.165) is 11.3 Å². The number of hydrogen-bond acceptors (Lipinski definition) is 4. The second-order valence-corrected chi connectivity index (χ2v) is 5.26. The molecule has 2 aromatic rings. The predicted octanol–water partition coefficient (Wildman–Crippen LogP) is 2.10. The van der Waals surface area contributed by atoms with Crippen LogP contribution in [0.4, 0.5) is 4.79 Å². The molecule has 23 heavy (non-hydrogen) atoms. The summed E-state index contributed by atoms with van der Waals surface area (Å²) in [7, 11) is 0. The molecule has 1 aliphatic rings. The van der Waals surface area contributed by atoms with Gasteiger partial charge in [0.1, 0.15) is 12.1 Å². The second kappa shape index (κ2) is 5.47. The highest BCUT2D eigenvalue weighted by molar-refractivity contribution is 5.75. The second-order valence-electron chi connectivity index (χ2n) is 5.26. The van der Waals surface area contributed by atoms with Crippen LogP contribution in [0.5, 0.6) is 0 Å². The van der Waals surface area contributed by atoms with Gasteiger partial charge in [-0.1, -0.05) is 0 Å². The Labute approximate surface area is 132 Å². The zero-order valence-corrected chi connectivity index (χ0v) is 12.4. The molecule has 0 radical (unpaired) electrons. The molecule has 7 heteroatoms. The van der Waals surface area contributed by atoms with Crippen LogP contribution in [0.25, 0.3) is 11.3 Å². The molecule has 3 heterocycles. The third-order valence-corrected chi connectivity index (χ3v) is 4.06. The number of carbonyl (C=O) groups is 1. The zero-order valence-electron chi connectivity index (χ0n) is 12.4. The number of aromatic nitrogens is 2. The van der Waals surface area contributed by atoms with Crippen LogP contribution < -0.4 is 0 Å². The van der Waals surface area contributed by atoms with E-state index in [9.17, 15) is 20.4 Å². The highest BCUT2D eigenvalue weighted by atomic mass is 16.4. The number of nitriles is 2. The van der Waals surface area contributed by atoms with Crippen LogP contribution >= 0.6 is 0 Å². The summed E-state index contributed by atoms with van der Waals surface area (Å²) in [5, 5.41) is 28.2. The van der Waals surface area contributed by atoms with E-state index < -0.39 is 6.09 Å². The molecule has 0 atom stereocenters. The van der Waals surface area contributed by atoms with Crippen molar-refractivity contribution in [2.24, 2.45) is 0 Å². The van der Waals surface area contributed by atoms with Crippen LogP contribution in [0.2, 0.25) is 0 Å². The Kier molecular flexibility index (Phi) is 3.47. The summed E-state index contributed by atoms with van der Waals surface area (Å²) in [4.78, 5) is 16.7. The lowest BCUT2D eigenvalue weighted by Gasteiger charge is -2.27. The molecule has 3 rings (SSSR count). The van der Waals surface area contributed by atoms with Crippen molar-refractivity contribution in [2.45, 2.75) is 20.0 Å². The Bertz CT molecular complexity index is 885. The van der Waals surface area contributed by atoms with Crippen LogP contribution in [0.3, 0.4) is 0 Å². The van der Waals surface area contributed by atoms with Gasteiger partial charge in [0.05, 0.1) is 29.1 Å². The Morgan fingerprint density at radius 1 is 1.30 bits per heavy atom. The predicted molar refractivity (Wildman–Crippen MR) is 80.3 cm³/mol. The van der Waals surface area contributed by atoms with Gasteiger partial charge in [0.2, 0.25) is 0 Å². The molecule has 0 aliphatic carbocycles. The number of pyridine rings is 1. The quantitative estimate of drug-likeness (QED) is 0.868. The van der Waals surface area contributed by atoms with E-state index in [4.69, 9.17) is 0 Å². The van der Waals surface area contributed by atoms with Gasteiger partial charge in [-0.3, -0.25) is 4.98 Å². The molecule has 0 spiro atoms. The Hall–Kier alpha value is -3.32. The maximum absolute atomic E-state index is 11.2. The molecule has 0 unspecified atom stereocenters. The summed E-state index contributed by atoms with van der Waals surface area (Å²) in [6.07, 6.45) is 0.640. The monoisotopic (exact) mass is 307 g/mol. The fraction of sp³-hybridized carbons (Fsp3) is 0.250. The highest BCUT2D eigenvalue weighted by Gasteiger charge is 2.30. The summed E-state index contributed by atoms with van der Waals surface area (Å²) in [5.41, 5.74) is 3.29. The van der Waals surface area contributed by atoms with Gasteiger partial charge < -0.3 is 14.6 Å². The highest BCUT2D eigenvalue weighted by Crippen LogP contribution is 2.34. The lowest BCUT2D eigenvalue weighted by molar-refractivity contribution is 0.133. The maximum atomic E-state index is 11.2. The number of rotatable bonds is 1. The first-order valence-corrected chi connectivity index (χ1v) is 7.04. The average molecular weight is 307 g/mol. The van der Waals surface area contributed by atoms with Crippen molar-refractivity contribution in [2.75, 3.05) is 6.54 Å². The van der Waals surface area contributed by atoms with E-state index >= 15 is 0 Å². The molecule has 0 aromatic carbocycles. The van der Waals surface area contributed by atoms with Gasteiger partial charge in [-0.2, -0.15) is 10.5 Å². The number of fused-ring (bicyclic) bond motifs is 1. The average Bonchev–Trinajstić information content (AvgIpc) is 2.87. The van der Waals surface area contributed by atoms with Gasteiger partial charge in [-0.05, 0) is 19.1 Å². The molecule has 0 saturated carbocycles. The van der Waals surface area contributed by atoms with Crippen LogP contribution in [-0.2, 0) is 13.1 Å². The van der Waals surface area contributed by atoms with Crippen LogP contribution in [0, 0.1) is 29.6 Å². The Balaban J connectivity index is 2.28. The first-order valence-electron chi connectivity index (χ1n) is 7.04. The number of amides is 1. The van der Waals surface area contributed by atoms with Crippen molar-refractivity contribution in [3.8, 4) is 23.4 Å². The number of aryl methyl sites for hydroxylation is 1. The first kappa shape index (κ1) is 14.6. The van der Waals surface area contributed by atoms with Crippen LogP contribution in [0.1, 0.15) is 22.5 Å². The van der Waals surface area contributed by atoms with Gasteiger partial charge in [0, 0.05) is 30.5 Å². The van der Waals surface area contributed by atoms with Gasteiger partial charge >= 0.3 is 6.09 Å². The third kappa shape index (κ3) is 2.19. The fourth-order valence-electron chi connectivity index (χ4n) is 2.97. The van der Waals surface area contributed by atoms with Crippen molar-refractivity contribution in [1.82, 2.24) is 14.5 Å². The zero-order chi connectivity index (χ0) is 16.6. The molecular weight excluding hydrogens is 294 g/mol. The molecule has 1 N–H and O–H groups in total.